The first-order valence-corrected chi connectivity index (χ1v) is 13.3. The van der Waals surface area contributed by atoms with Gasteiger partial charge in [-0.05, 0) is 105 Å². The van der Waals surface area contributed by atoms with Crippen molar-refractivity contribution in [2.75, 3.05) is 0 Å². The highest BCUT2D eigenvalue weighted by atomic mass is 19.4. The molecule has 1 nitrogen and oxygen atoms in total. The third-order valence-electron chi connectivity index (χ3n) is 11.0. The van der Waals surface area contributed by atoms with Gasteiger partial charge in [0, 0.05) is 0 Å². The summed E-state index contributed by atoms with van der Waals surface area (Å²) < 4.78 is 38.7. The number of hydrogen-bond donors (Lipinski definition) is 1. The van der Waals surface area contributed by atoms with E-state index in [4.69, 9.17) is 0 Å². The van der Waals surface area contributed by atoms with E-state index in [1.807, 2.05) is 6.92 Å². The summed E-state index contributed by atoms with van der Waals surface area (Å²) in [4.78, 5) is 0. The van der Waals surface area contributed by atoms with Gasteiger partial charge in [-0.2, -0.15) is 13.2 Å². The summed E-state index contributed by atoms with van der Waals surface area (Å²) >= 11 is 0. The molecule has 1 N–H and O–H groups in total. The third-order valence-corrected chi connectivity index (χ3v) is 11.0. The summed E-state index contributed by atoms with van der Waals surface area (Å²) in [6.07, 6.45) is 9.43. The summed E-state index contributed by atoms with van der Waals surface area (Å²) in [7, 11) is 0. The lowest BCUT2D eigenvalue weighted by Crippen LogP contribution is -2.52. The SMILES string of the molecule is C[C@H](CCC[C@@H](C)C(F)(F)F)[C@H]1CC[C@H]2[C@@H]3CC=C4C[C@@](C)(O)CC[C@]4(C)[C@H]3CCC12C. The Morgan fingerprint density at radius 2 is 1.72 bits per heavy atom. The molecule has 0 amide bonds. The molecule has 0 radical (unpaired) electrons. The Balaban J connectivity index is 1.43. The highest BCUT2D eigenvalue weighted by Crippen LogP contribution is 2.67. The molecule has 32 heavy (non-hydrogen) atoms. The zero-order valence-electron chi connectivity index (χ0n) is 20.9. The van der Waals surface area contributed by atoms with Crippen LogP contribution >= 0.6 is 0 Å². The van der Waals surface area contributed by atoms with Gasteiger partial charge in [-0.15, -0.1) is 0 Å². The first-order chi connectivity index (χ1) is 14.8. The Labute approximate surface area is 193 Å². The zero-order chi connectivity index (χ0) is 23.5. The van der Waals surface area contributed by atoms with E-state index in [1.54, 1.807) is 0 Å². The Morgan fingerprint density at radius 3 is 2.41 bits per heavy atom. The summed E-state index contributed by atoms with van der Waals surface area (Å²) in [6, 6.07) is 0. The Hall–Kier alpha value is -0.510. The van der Waals surface area contributed by atoms with E-state index in [2.05, 4.69) is 26.8 Å². The molecule has 3 saturated carbocycles. The molecule has 0 bridgehead atoms. The largest absolute Gasteiger partial charge is 0.391 e. The summed E-state index contributed by atoms with van der Waals surface area (Å²) in [5.74, 6) is 2.21. The molecule has 0 aromatic rings. The van der Waals surface area contributed by atoms with Gasteiger partial charge in [0.15, 0.2) is 0 Å². The van der Waals surface area contributed by atoms with Gasteiger partial charge in [0.05, 0.1) is 11.5 Å². The van der Waals surface area contributed by atoms with E-state index in [-0.39, 0.29) is 11.8 Å². The molecule has 4 rings (SSSR count). The number of aliphatic hydroxyl groups is 1. The topological polar surface area (TPSA) is 20.2 Å². The normalized spacial score (nSPS) is 46.0. The lowest BCUT2D eigenvalue weighted by atomic mass is 9.46. The molecule has 9 atom stereocenters. The second-order valence-corrected chi connectivity index (χ2v) is 13.0. The highest BCUT2D eigenvalue weighted by molar-refractivity contribution is 5.26. The smallest absolute Gasteiger partial charge is 0.390 e. The Morgan fingerprint density at radius 1 is 1.00 bits per heavy atom. The zero-order valence-corrected chi connectivity index (χ0v) is 20.9. The highest BCUT2D eigenvalue weighted by Gasteiger charge is 2.59. The minimum absolute atomic E-state index is 0.254. The average molecular weight is 455 g/mol. The van der Waals surface area contributed by atoms with Crippen molar-refractivity contribution >= 4 is 0 Å². The van der Waals surface area contributed by atoms with Crippen molar-refractivity contribution in [2.45, 2.75) is 117 Å². The molecule has 0 spiro atoms. The van der Waals surface area contributed by atoms with Gasteiger partial charge in [-0.1, -0.05) is 52.2 Å². The van der Waals surface area contributed by atoms with Crippen molar-refractivity contribution in [2.24, 2.45) is 46.3 Å². The van der Waals surface area contributed by atoms with E-state index < -0.39 is 17.7 Å². The Kier molecular flexibility index (Phi) is 6.39. The molecule has 4 heteroatoms. The van der Waals surface area contributed by atoms with Crippen LogP contribution in [-0.2, 0) is 0 Å². The van der Waals surface area contributed by atoms with Crippen LogP contribution in [0.5, 0.6) is 0 Å². The molecule has 0 aromatic carbocycles. The molecule has 4 aliphatic rings. The van der Waals surface area contributed by atoms with Crippen LogP contribution in [0, 0.1) is 46.3 Å². The molecule has 0 saturated heterocycles. The Bertz CT molecular complexity index is 725. The predicted molar refractivity (Wildman–Crippen MR) is 124 cm³/mol. The fourth-order valence-corrected chi connectivity index (χ4v) is 8.89. The standard InChI is InChI=1S/C28H45F3O/c1-18(7-6-8-19(2)28(29,30)31)22-11-12-23-21-10-9-20-17-25(3,32)15-16-26(20,4)24(21)13-14-27(22,23)5/h9,18-19,21-24,32H,6-8,10-17H2,1-5H3/t18-,19-,21+,22-,23+,24+,25+,26+,27?/m1/s1. The minimum atomic E-state index is -4.05. The van der Waals surface area contributed by atoms with Gasteiger partial charge in [0.2, 0.25) is 0 Å². The van der Waals surface area contributed by atoms with Gasteiger partial charge < -0.3 is 5.11 Å². The molecular weight excluding hydrogens is 409 g/mol. The van der Waals surface area contributed by atoms with Gasteiger partial charge in [0.25, 0.3) is 0 Å². The number of hydrogen-bond acceptors (Lipinski definition) is 1. The van der Waals surface area contributed by atoms with Crippen LogP contribution in [0.4, 0.5) is 13.2 Å². The van der Waals surface area contributed by atoms with Crippen LogP contribution in [0.1, 0.15) is 105 Å². The van der Waals surface area contributed by atoms with Crippen molar-refractivity contribution in [1.29, 1.82) is 0 Å². The molecule has 1 unspecified atom stereocenters. The van der Waals surface area contributed by atoms with Crippen LogP contribution in [0.25, 0.3) is 0 Å². The second kappa shape index (κ2) is 8.31. The molecule has 184 valence electrons. The fraction of sp³-hybridized carbons (Fsp3) is 0.929. The number of halogens is 3. The molecule has 3 fully saturated rings. The van der Waals surface area contributed by atoms with Crippen molar-refractivity contribution in [3.63, 3.8) is 0 Å². The van der Waals surface area contributed by atoms with Crippen LogP contribution in [-0.4, -0.2) is 16.9 Å². The maximum absolute atomic E-state index is 12.9. The molecular formula is C28H45F3O. The van der Waals surface area contributed by atoms with Crippen LogP contribution < -0.4 is 0 Å². The van der Waals surface area contributed by atoms with E-state index >= 15 is 0 Å². The number of fused-ring (bicyclic) bond motifs is 5. The maximum Gasteiger partial charge on any atom is 0.391 e. The van der Waals surface area contributed by atoms with E-state index in [0.29, 0.717) is 23.7 Å². The lowest BCUT2D eigenvalue weighted by Gasteiger charge is -2.59. The number of rotatable bonds is 5. The monoisotopic (exact) mass is 454 g/mol. The first kappa shape index (κ1) is 24.6. The van der Waals surface area contributed by atoms with Crippen LogP contribution in [0.3, 0.4) is 0 Å². The van der Waals surface area contributed by atoms with Gasteiger partial charge >= 0.3 is 6.18 Å². The maximum atomic E-state index is 12.9. The van der Waals surface area contributed by atoms with E-state index in [0.717, 1.165) is 49.9 Å². The minimum Gasteiger partial charge on any atom is -0.390 e. The molecule has 0 aromatic heterocycles. The molecule has 0 heterocycles. The van der Waals surface area contributed by atoms with Gasteiger partial charge in [0.1, 0.15) is 0 Å². The van der Waals surface area contributed by atoms with Gasteiger partial charge in [-0.25, -0.2) is 0 Å². The van der Waals surface area contributed by atoms with Crippen molar-refractivity contribution in [1.82, 2.24) is 0 Å². The predicted octanol–water partition coefficient (Wildman–Crippen LogP) is 8.32. The number of alkyl halides is 3. The first-order valence-electron chi connectivity index (χ1n) is 13.3. The third kappa shape index (κ3) is 4.20. The lowest BCUT2D eigenvalue weighted by molar-refractivity contribution is -0.171. The summed E-state index contributed by atoms with van der Waals surface area (Å²) in [5, 5.41) is 10.7. The van der Waals surface area contributed by atoms with Crippen molar-refractivity contribution in [3.8, 4) is 0 Å². The van der Waals surface area contributed by atoms with Crippen molar-refractivity contribution in [3.05, 3.63) is 11.6 Å². The average Bonchev–Trinajstić information content (AvgIpc) is 3.05. The van der Waals surface area contributed by atoms with Crippen LogP contribution in [0.2, 0.25) is 0 Å². The molecule has 0 aliphatic heterocycles. The quantitative estimate of drug-likeness (QED) is 0.414. The molecule has 4 aliphatic carbocycles. The summed E-state index contributed by atoms with van der Waals surface area (Å²) in [5.41, 5.74) is 1.57. The van der Waals surface area contributed by atoms with Crippen LogP contribution in [0.15, 0.2) is 11.6 Å². The van der Waals surface area contributed by atoms with Crippen molar-refractivity contribution < 1.29 is 18.3 Å². The van der Waals surface area contributed by atoms with Gasteiger partial charge in [-0.3, -0.25) is 0 Å². The van der Waals surface area contributed by atoms with E-state index in [9.17, 15) is 18.3 Å². The number of allylic oxidation sites excluding steroid dienone is 1. The summed E-state index contributed by atoms with van der Waals surface area (Å²) in [6.45, 7) is 10.6. The van der Waals surface area contributed by atoms with E-state index in [1.165, 1.54) is 38.2 Å². The fourth-order valence-electron chi connectivity index (χ4n) is 8.89. The second-order valence-electron chi connectivity index (χ2n) is 13.0.